The lowest BCUT2D eigenvalue weighted by Crippen LogP contribution is -2.48. The third kappa shape index (κ3) is 3.94. The first-order valence-corrected chi connectivity index (χ1v) is 9.75. The molecule has 0 aliphatic carbocycles. The summed E-state index contributed by atoms with van der Waals surface area (Å²) in [4.78, 5) is 14.3. The second-order valence-corrected chi connectivity index (χ2v) is 9.26. The summed E-state index contributed by atoms with van der Waals surface area (Å²) in [5, 5.41) is 2.73. The lowest BCUT2D eigenvalue weighted by molar-refractivity contribution is -0.133. The molecule has 23 heavy (non-hydrogen) atoms. The first-order valence-electron chi connectivity index (χ1n) is 8.04. The zero-order chi connectivity index (χ0) is 17.4. The highest BCUT2D eigenvalue weighted by atomic mass is 32.2. The number of rotatable bonds is 4. The van der Waals surface area contributed by atoms with E-state index < -0.39 is 15.1 Å². The zero-order valence-electron chi connectivity index (χ0n) is 14.5. The van der Waals surface area contributed by atoms with Gasteiger partial charge >= 0.3 is 0 Å². The van der Waals surface area contributed by atoms with E-state index in [0.717, 1.165) is 6.42 Å². The third-order valence-corrected chi connectivity index (χ3v) is 6.56. The highest BCUT2D eigenvalue weighted by Crippen LogP contribution is 2.24. The van der Waals surface area contributed by atoms with E-state index in [2.05, 4.69) is 19.0 Å². The van der Waals surface area contributed by atoms with E-state index in [1.54, 1.807) is 18.7 Å². The van der Waals surface area contributed by atoms with Crippen molar-refractivity contribution in [3.63, 3.8) is 0 Å². The molecule has 1 fully saturated rings. The summed E-state index contributed by atoms with van der Waals surface area (Å²) in [7, 11) is -3.60. The molecule has 0 saturated carbocycles. The minimum atomic E-state index is -3.60. The second-order valence-electron chi connectivity index (χ2n) is 6.94. The number of nitrogens with zero attached hydrogens (tertiary/aromatic N) is 2. The standard InChI is InChI=1S/C16H26N2O4S/c1-10-6-11(2)8-18(7-10)16(19)14(5)23(20,21)9-15-12(3)17-22-13(15)4/h10-11,14H,6-9H2,1-5H3/t10-,11+,14-/m0/s1. The monoisotopic (exact) mass is 342 g/mol. The molecule has 1 saturated heterocycles. The zero-order valence-corrected chi connectivity index (χ0v) is 15.3. The molecule has 1 aliphatic heterocycles. The van der Waals surface area contributed by atoms with E-state index in [9.17, 15) is 13.2 Å². The van der Waals surface area contributed by atoms with E-state index in [-0.39, 0.29) is 11.7 Å². The van der Waals surface area contributed by atoms with Crippen molar-refractivity contribution in [3.05, 3.63) is 17.0 Å². The SMILES string of the molecule is Cc1noc(C)c1CS(=O)(=O)[C@@H](C)C(=O)N1C[C@H](C)C[C@H](C)C1. The number of aryl methyl sites for hydroxylation is 2. The summed E-state index contributed by atoms with van der Waals surface area (Å²) in [6, 6.07) is 0. The van der Waals surface area contributed by atoms with E-state index in [1.807, 2.05) is 0 Å². The molecule has 1 aromatic heterocycles. The quantitative estimate of drug-likeness (QED) is 0.837. The molecular weight excluding hydrogens is 316 g/mol. The molecule has 2 heterocycles. The van der Waals surface area contributed by atoms with Crippen molar-refractivity contribution in [1.82, 2.24) is 10.1 Å². The van der Waals surface area contributed by atoms with Crippen molar-refractivity contribution >= 4 is 15.7 Å². The van der Waals surface area contributed by atoms with Crippen LogP contribution in [0.3, 0.4) is 0 Å². The van der Waals surface area contributed by atoms with Gasteiger partial charge in [-0.1, -0.05) is 19.0 Å². The number of aromatic nitrogens is 1. The van der Waals surface area contributed by atoms with Crippen LogP contribution >= 0.6 is 0 Å². The number of hydrogen-bond acceptors (Lipinski definition) is 5. The number of hydrogen-bond donors (Lipinski definition) is 0. The molecule has 1 aromatic rings. The van der Waals surface area contributed by atoms with Crippen molar-refractivity contribution in [2.45, 2.75) is 52.0 Å². The lowest BCUT2D eigenvalue weighted by atomic mass is 9.92. The normalized spacial score (nSPS) is 23.8. The Balaban J connectivity index is 2.14. The van der Waals surface area contributed by atoms with Crippen LogP contribution in [-0.4, -0.2) is 42.7 Å². The maximum absolute atomic E-state index is 12.6. The van der Waals surface area contributed by atoms with Gasteiger partial charge in [0.25, 0.3) is 0 Å². The highest BCUT2D eigenvalue weighted by molar-refractivity contribution is 7.92. The van der Waals surface area contributed by atoms with Gasteiger partial charge in [-0.3, -0.25) is 4.79 Å². The summed E-state index contributed by atoms with van der Waals surface area (Å²) < 4.78 is 30.3. The largest absolute Gasteiger partial charge is 0.361 e. The molecule has 6 nitrogen and oxygen atoms in total. The lowest BCUT2D eigenvalue weighted by Gasteiger charge is -2.36. The number of likely N-dealkylation sites (tertiary alicyclic amines) is 1. The summed E-state index contributed by atoms with van der Waals surface area (Å²) in [5.74, 6) is 0.793. The average Bonchev–Trinajstić information content (AvgIpc) is 2.76. The highest BCUT2D eigenvalue weighted by Gasteiger charge is 2.35. The van der Waals surface area contributed by atoms with Gasteiger partial charge in [0.2, 0.25) is 5.91 Å². The van der Waals surface area contributed by atoms with Crippen LogP contribution in [0.15, 0.2) is 4.52 Å². The Morgan fingerprint density at radius 2 is 1.87 bits per heavy atom. The first kappa shape index (κ1) is 18.0. The van der Waals surface area contributed by atoms with Crippen LogP contribution < -0.4 is 0 Å². The summed E-state index contributed by atoms with van der Waals surface area (Å²) in [6.45, 7) is 10.3. The van der Waals surface area contributed by atoms with E-state index in [0.29, 0.717) is 41.9 Å². The van der Waals surface area contributed by atoms with Gasteiger partial charge in [-0.15, -0.1) is 0 Å². The van der Waals surface area contributed by atoms with Crippen LogP contribution in [0.2, 0.25) is 0 Å². The molecule has 0 aromatic carbocycles. The fourth-order valence-corrected chi connectivity index (χ4v) is 4.81. The Kier molecular flexibility index (Phi) is 5.18. The molecular formula is C16H26N2O4S. The predicted octanol–water partition coefficient (Wildman–Crippen LogP) is 2.10. The van der Waals surface area contributed by atoms with Gasteiger partial charge in [-0.25, -0.2) is 8.42 Å². The second kappa shape index (κ2) is 6.63. The molecule has 0 bridgehead atoms. The van der Waals surface area contributed by atoms with Crippen molar-refractivity contribution in [2.24, 2.45) is 11.8 Å². The van der Waals surface area contributed by atoms with Crippen LogP contribution in [-0.2, 0) is 20.4 Å². The van der Waals surface area contributed by atoms with Crippen molar-refractivity contribution in [3.8, 4) is 0 Å². The van der Waals surface area contributed by atoms with E-state index >= 15 is 0 Å². The number of amides is 1. The minimum Gasteiger partial charge on any atom is -0.361 e. The Morgan fingerprint density at radius 1 is 1.30 bits per heavy atom. The fourth-order valence-electron chi connectivity index (χ4n) is 3.29. The fraction of sp³-hybridized carbons (Fsp3) is 0.750. The maximum atomic E-state index is 12.6. The Bertz CT molecular complexity index is 651. The summed E-state index contributed by atoms with van der Waals surface area (Å²) in [5.41, 5.74) is 1.12. The van der Waals surface area contributed by atoms with Crippen LogP contribution in [0.4, 0.5) is 0 Å². The van der Waals surface area contributed by atoms with Gasteiger partial charge in [0.15, 0.2) is 9.84 Å². The molecule has 1 aliphatic rings. The molecule has 0 N–H and O–H groups in total. The number of sulfone groups is 1. The number of piperidine rings is 1. The van der Waals surface area contributed by atoms with E-state index in [4.69, 9.17) is 4.52 Å². The van der Waals surface area contributed by atoms with Gasteiger partial charge in [0, 0.05) is 18.7 Å². The first-order chi connectivity index (χ1) is 10.6. The third-order valence-electron chi connectivity index (χ3n) is 4.59. The summed E-state index contributed by atoms with van der Waals surface area (Å²) in [6.07, 6.45) is 1.07. The topological polar surface area (TPSA) is 80.5 Å². The molecule has 2 rings (SSSR count). The van der Waals surface area contributed by atoms with Crippen molar-refractivity contribution in [2.75, 3.05) is 13.1 Å². The molecule has 1 amide bonds. The van der Waals surface area contributed by atoms with Gasteiger partial charge in [-0.05, 0) is 39.0 Å². The average molecular weight is 342 g/mol. The van der Waals surface area contributed by atoms with Gasteiger partial charge in [0.05, 0.1) is 11.4 Å². The van der Waals surface area contributed by atoms with Crippen molar-refractivity contribution < 1.29 is 17.7 Å². The Morgan fingerprint density at radius 3 is 2.35 bits per heavy atom. The number of carbonyl (C=O) groups is 1. The summed E-state index contributed by atoms with van der Waals surface area (Å²) >= 11 is 0. The Labute approximate surface area is 138 Å². The molecule has 0 spiro atoms. The maximum Gasteiger partial charge on any atom is 0.240 e. The van der Waals surface area contributed by atoms with Gasteiger partial charge < -0.3 is 9.42 Å². The van der Waals surface area contributed by atoms with Crippen LogP contribution in [0.5, 0.6) is 0 Å². The van der Waals surface area contributed by atoms with Gasteiger partial charge in [-0.2, -0.15) is 0 Å². The van der Waals surface area contributed by atoms with Crippen molar-refractivity contribution in [1.29, 1.82) is 0 Å². The molecule has 0 unspecified atom stereocenters. The molecule has 0 radical (unpaired) electrons. The molecule has 3 atom stereocenters. The van der Waals surface area contributed by atoms with E-state index in [1.165, 1.54) is 6.92 Å². The Hall–Kier alpha value is -1.37. The van der Waals surface area contributed by atoms with Crippen LogP contribution in [0, 0.1) is 25.7 Å². The van der Waals surface area contributed by atoms with Gasteiger partial charge in [0.1, 0.15) is 11.0 Å². The smallest absolute Gasteiger partial charge is 0.240 e. The molecule has 130 valence electrons. The molecule has 7 heteroatoms. The predicted molar refractivity (Wildman–Crippen MR) is 87.6 cm³/mol. The minimum absolute atomic E-state index is 0.208. The number of carbonyl (C=O) groups excluding carboxylic acids is 1. The van der Waals surface area contributed by atoms with Crippen LogP contribution in [0.25, 0.3) is 0 Å². The van der Waals surface area contributed by atoms with Crippen LogP contribution in [0.1, 0.15) is 44.2 Å².